The molecule has 0 radical (unpaired) electrons. The van der Waals surface area contributed by atoms with Crippen LogP contribution < -0.4 is 10.6 Å². The van der Waals surface area contributed by atoms with Crippen molar-refractivity contribution in [2.75, 3.05) is 40.4 Å². The Morgan fingerprint density at radius 2 is 1.97 bits per heavy atom. The van der Waals surface area contributed by atoms with Gasteiger partial charge in [0.15, 0.2) is 0 Å². The zero-order valence-electron chi connectivity index (χ0n) is 23.5. The molecule has 3 atom stereocenters. The highest BCUT2D eigenvalue weighted by Crippen LogP contribution is 2.42. The Hall–Kier alpha value is -2.22. The van der Waals surface area contributed by atoms with E-state index < -0.39 is 5.60 Å². The van der Waals surface area contributed by atoms with Crippen molar-refractivity contribution in [1.82, 2.24) is 20.5 Å². The third-order valence-electron chi connectivity index (χ3n) is 8.76. The Morgan fingerprint density at radius 3 is 2.76 bits per heavy atom. The number of amides is 2. The Labute approximate surface area is 228 Å². The maximum atomic E-state index is 13.5. The first kappa shape index (κ1) is 28.8. The lowest BCUT2D eigenvalue weighted by atomic mass is 9.73. The molecule has 7 nitrogen and oxygen atoms in total. The average Bonchev–Trinajstić information content (AvgIpc) is 2.95. The number of aromatic nitrogens is 1. The zero-order chi connectivity index (χ0) is 26.8. The maximum absolute atomic E-state index is 13.5. The molecule has 1 saturated carbocycles. The summed E-state index contributed by atoms with van der Waals surface area (Å²) in [7, 11) is 3.67. The minimum atomic E-state index is -1.06. The highest BCUT2D eigenvalue weighted by atomic mass is 16.5. The Kier molecular flexibility index (Phi) is 10.8. The summed E-state index contributed by atoms with van der Waals surface area (Å²) < 4.78 is 5.28. The van der Waals surface area contributed by atoms with Gasteiger partial charge in [0.1, 0.15) is 0 Å². The van der Waals surface area contributed by atoms with Crippen molar-refractivity contribution in [3.8, 4) is 0 Å². The number of benzene rings is 1. The molecule has 1 saturated heterocycles. The Balaban J connectivity index is 1.50. The molecule has 2 amide bonds. The van der Waals surface area contributed by atoms with E-state index in [9.17, 15) is 9.90 Å². The SMILES string of the molecule is CNCC(CC1CCCCC1)NC(=O)N1CCC[C@@H]([C@@](O)(CCCCOC)c2cccc3cccnc23)C1. The number of aliphatic hydroxyl groups is 1. The maximum Gasteiger partial charge on any atom is 0.317 e. The van der Waals surface area contributed by atoms with Crippen molar-refractivity contribution in [3.63, 3.8) is 0 Å². The van der Waals surface area contributed by atoms with Gasteiger partial charge in [-0.05, 0) is 57.6 Å². The summed E-state index contributed by atoms with van der Waals surface area (Å²) in [6, 6.07) is 10.2. The van der Waals surface area contributed by atoms with Gasteiger partial charge in [0.2, 0.25) is 0 Å². The molecule has 1 aromatic carbocycles. The fourth-order valence-corrected chi connectivity index (χ4v) is 6.74. The first-order chi connectivity index (χ1) is 18.5. The van der Waals surface area contributed by atoms with E-state index in [-0.39, 0.29) is 18.0 Å². The van der Waals surface area contributed by atoms with Crippen LogP contribution in [0.2, 0.25) is 0 Å². The van der Waals surface area contributed by atoms with Crippen LogP contribution in [0.5, 0.6) is 0 Å². The molecule has 2 aromatic rings. The van der Waals surface area contributed by atoms with Gasteiger partial charge in [0, 0.05) is 62.5 Å². The largest absolute Gasteiger partial charge is 0.385 e. The van der Waals surface area contributed by atoms with Crippen LogP contribution in [0.4, 0.5) is 4.79 Å². The quantitative estimate of drug-likeness (QED) is 0.332. The van der Waals surface area contributed by atoms with E-state index in [1.54, 1.807) is 13.3 Å². The van der Waals surface area contributed by atoms with E-state index in [2.05, 4.69) is 15.6 Å². The minimum absolute atomic E-state index is 0.00328. The number of rotatable bonds is 12. The number of carbonyl (C=O) groups is 1. The van der Waals surface area contributed by atoms with Crippen molar-refractivity contribution in [2.45, 2.75) is 82.3 Å². The van der Waals surface area contributed by atoms with Crippen molar-refractivity contribution in [1.29, 1.82) is 0 Å². The van der Waals surface area contributed by atoms with Crippen LogP contribution in [0.1, 0.15) is 76.2 Å². The van der Waals surface area contributed by atoms with Crippen LogP contribution in [0.25, 0.3) is 10.9 Å². The zero-order valence-corrected chi connectivity index (χ0v) is 23.5. The Morgan fingerprint density at radius 1 is 1.16 bits per heavy atom. The summed E-state index contributed by atoms with van der Waals surface area (Å²) in [5.41, 5.74) is 0.672. The van der Waals surface area contributed by atoms with Crippen molar-refractivity contribution in [2.24, 2.45) is 11.8 Å². The van der Waals surface area contributed by atoms with Gasteiger partial charge in [-0.2, -0.15) is 0 Å². The summed E-state index contributed by atoms with van der Waals surface area (Å²) in [4.78, 5) is 20.1. The highest BCUT2D eigenvalue weighted by molar-refractivity contribution is 5.82. The van der Waals surface area contributed by atoms with E-state index in [0.717, 1.165) is 61.7 Å². The van der Waals surface area contributed by atoms with Gasteiger partial charge in [-0.3, -0.25) is 4.98 Å². The number of unbranched alkanes of at least 4 members (excludes halogenated alkanes) is 1. The van der Waals surface area contributed by atoms with Gasteiger partial charge in [0.05, 0.1) is 11.1 Å². The van der Waals surface area contributed by atoms with Gasteiger partial charge in [0.25, 0.3) is 0 Å². The molecule has 7 heteroatoms. The van der Waals surface area contributed by atoms with E-state index in [4.69, 9.17) is 4.74 Å². The smallest absolute Gasteiger partial charge is 0.317 e. The number of likely N-dealkylation sites (N-methyl/N-ethyl adjacent to an activating group) is 1. The van der Waals surface area contributed by atoms with Crippen molar-refractivity contribution < 1.29 is 14.6 Å². The summed E-state index contributed by atoms with van der Waals surface area (Å²) in [6.07, 6.45) is 13.5. The van der Waals surface area contributed by atoms with Crippen molar-refractivity contribution >= 4 is 16.9 Å². The van der Waals surface area contributed by atoms with Crippen LogP contribution in [0, 0.1) is 11.8 Å². The van der Waals surface area contributed by atoms with E-state index in [0.29, 0.717) is 25.5 Å². The molecule has 4 rings (SSSR count). The molecule has 1 unspecified atom stereocenters. The molecule has 2 fully saturated rings. The molecule has 2 heterocycles. The molecule has 38 heavy (non-hydrogen) atoms. The van der Waals surface area contributed by atoms with Crippen LogP contribution >= 0.6 is 0 Å². The van der Waals surface area contributed by atoms with E-state index in [1.165, 1.54) is 32.1 Å². The number of piperidine rings is 1. The summed E-state index contributed by atoms with van der Waals surface area (Å²) in [5.74, 6) is 0.644. The summed E-state index contributed by atoms with van der Waals surface area (Å²) in [6.45, 7) is 2.73. The monoisotopic (exact) mass is 524 g/mol. The lowest BCUT2D eigenvalue weighted by molar-refractivity contribution is -0.0553. The molecular weight excluding hydrogens is 476 g/mol. The van der Waals surface area contributed by atoms with Gasteiger partial charge < -0.3 is 25.4 Å². The number of nitrogens with zero attached hydrogens (tertiary/aromatic N) is 2. The van der Waals surface area contributed by atoms with E-state index in [1.807, 2.05) is 42.3 Å². The first-order valence-electron chi connectivity index (χ1n) is 14.8. The van der Waals surface area contributed by atoms with Crippen LogP contribution in [-0.2, 0) is 10.3 Å². The number of hydrogen-bond donors (Lipinski definition) is 3. The normalized spacial score (nSPS) is 21.2. The number of urea groups is 1. The first-order valence-corrected chi connectivity index (χ1v) is 14.8. The van der Waals surface area contributed by atoms with Gasteiger partial charge >= 0.3 is 6.03 Å². The van der Waals surface area contributed by atoms with Gasteiger partial charge in [-0.15, -0.1) is 0 Å². The highest BCUT2D eigenvalue weighted by Gasteiger charge is 2.42. The van der Waals surface area contributed by atoms with E-state index >= 15 is 0 Å². The minimum Gasteiger partial charge on any atom is -0.385 e. The molecule has 1 aliphatic carbocycles. The topological polar surface area (TPSA) is 86.7 Å². The molecule has 3 N–H and O–H groups in total. The number of likely N-dealkylation sites (tertiary alicyclic amines) is 1. The lowest BCUT2D eigenvalue weighted by Crippen LogP contribution is -2.54. The third-order valence-corrected chi connectivity index (χ3v) is 8.76. The predicted octanol–water partition coefficient (Wildman–Crippen LogP) is 5.22. The molecular formula is C31H48N4O3. The average molecular weight is 525 g/mol. The van der Waals surface area contributed by atoms with Gasteiger partial charge in [-0.1, -0.05) is 56.4 Å². The number of ether oxygens (including phenoxy) is 1. The second-order valence-electron chi connectivity index (χ2n) is 11.5. The predicted molar refractivity (Wildman–Crippen MR) is 153 cm³/mol. The lowest BCUT2D eigenvalue weighted by Gasteiger charge is -2.43. The second kappa shape index (κ2) is 14.2. The molecule has 210 valence electrons. The molecule has 1 aromatic heterocycles. The number of methoxy groups -OCH3 is 1. The van der Waals surface area contributed by atoms with Crippen LogP contribution in [0.3, 0.4) is 0 Å². The van der Waals surface area contributed by atoms with Gasteiger partial charge in [-0.25, -0.2) is 4.79 Å². The van der Waals surface area contributed by atoms with Crippen molar-refractivity contribution in [3.05, 3.63) is 42.1 Å². The number of carbonyl (C=O) groups excluding carboxylic acids is 1. The van der Waals surface area contributed by atoms with Crippen LogP contribution in [-0.4, -0.2) is 67.5 Å². The number of fused-ring (bicyclic) bond motifs is 1. The number of hydrogen-bond acceptors (Lipinski definition) is 5. The number of para-hydroxylation sites is 1. The standard InChI is InChI=1S/C31H48N4O3/c1-32-22-27(21-24-11-4-3-5-12-24)34-30(36)35-19-10-15-26(23-35)31(37,17-6-7-20-38-2)28-16-8-13-25-14-9-18-33-29(25)28/h8-9,13-14,16,18,24,26-27,32,37H,3-7,10-12,15,17,19-23H2,1-2H3,(H,34,36)/t26-,27?,31+/m1/s1. The van der Waals surface area contributed by atoms with Crippen LogP contribution in [0.15, 0.2) is 36.5 Å². The fraction of sp³-hybridized carbons (Fsp3) is 0.677. The second-order valence-corrected chi connectivity index (χ2v) is 11.5. The molecule has 0 bridgehead atoms. The third kappa shape index (κ3) is 7.25. The summed E-state index contributed by atoms with van der Waals surface area (Å²) in [5, 5.41) is 20.1. The Bertz CT molecular complexity index is 1010. The number of nitrogens with one attached hydrogen (secondary N) is 2. The molecule has 0 spiro atoms. The molecule has 2 aliphatic rings. The fourth-order valence-electron chi connectivity index (χ4n) is 6.74. The summed E-state index contributed by atoms with van der Waals surface area (Å²) >= 11 is 0. The molecule has 1 aliphatic heterocycles. The number of pyridine rings is 1.